The zero-order valence-electron chi connectivity index (χ0n) is 17.6. The van der Waals surface area contributed by atoms with Crippen LogP contribution in [-0.2, 0) is 16.1 Å². The van der Waals surface area contributed by atoms with Crippen LogP contribution in [0.15, 0.2) is 66.2 Å². The molecule has 1 N–H and O–H groups in total. The van der Waals surface area contributed by atoms with Crippen molar-refractivity contribution in [2.45, 2.75) is 6.61 Å². The molecule has 6 heteroatoms. The number of carbonyl (C=O) groups is 1. The number of nitriles is 1. The first-order valence-electron chi connectivity index (χ1n) is 9.82. The quantitative estimate of drug-likeness (QED) is 0.323. The summed E-state index contributed by atoms with van der Waals surface area (Å²) in [5, 5.41) is 14.3. The van der Waals surface area contributed by atoms with E-state index < -0.39 is 5.91 Å². The molecule has 1 amide bonds. The number of hydrogen-bond donors (Lipinski definition) is 1. The molecule has 0 saturated heterocycles. The lowest BCUT2D eigenvalue weighted by Crippen LogP contribution is -2.27. The molecule has 3 aromatic carbocycles. The van der Waals surface area contributed by atoms with Crippen molar-refractivity contribution in [3.05, 3.63) is 77.4 Å². The number of nitrogens with one attached hydrogen (secondary N) is 1. The zero-order valence-corrected chi connectivity index (χ0v) is 17.6. The van der Waals surface area contributed by atoms with Gasteiger partial charge in [-0.05, 0) is 40.1 Å². The van der Waals surface area contributed by atoms with Gasteiger partial charge in [-0.25, -0.2) is 0 Å². The van der Waals surface area contributed by atoms with Crippen LogP contribution in [0.1, 0.15) is 11.1 Å². The lowest BCUT2D eigenvalue weighted by Gasteiger charge is -2.13. The molecule has 0 unspecified atom stereocenters. The molecule has 0 aromatic heterocycles. The van der Waals surface area contributed by atoms with E-state index in [2.05, 4.69) is 23.5 Å². The Balaban J connectivity index is 1.76. The predicted octanol–water partition coefficient (Wildman–Crippen LogP) is 4.10. The summed E-state index contributed by atoms with van der Waals surface area (Å²) >= 11 is 0. The van der Waals surface area contributed by atoms with E-state index in [0.29, 0.717) is 36.8 Å². The van der Waals surface area contributed by atoms with Gasteiger partial charge in [0.1, 0.15) is 18.2 Å². The highest BCUT2D eigenvalue weighted by atomic mass is 16.5. The van der Waals surface area contributed by atoms with Gasteiger partial charge < -0.3 is 19.5 Å². The van der Waals surface area contributed by atoms with Gasteiger partial charge in [-0.1, -0.05) is 48.5 Å². The Kier molecular flexibility index (Phi) is 7.63. The Morgan fingerprint density at radius 2 is 1.87 bits per heavy atom. The topological polar surface area (TPSA) is 80.6 Å². The Bertz CT molecular complexity index is 1130. The summed E-state index contributed by atoms with van der Waals surface area (Å²) < 4.78 is 16.4. The molecule has 3 rings (SSSR count). The number of hydrogen-bond acceptors (Lipinski definition) is 5. The smallest absolute Gasteiger partial charge is 0.262 e. The van der Waals surface area contributed by atoms with E-state index in [0.717, 1.165) is 16.3 Å². The Labute approximate surface area is 181 Å². The monoisotopic (exact) mass is 416 g/mol. The second-order valence-corrected chi connectivity index (χ2v) is 6.76. The number of nitrogens with zero attached hydrogens (tertiary/aromatic N) is 1. The zero-order chi connectivity index (χ0) is 22.1. The van der Waals surface area contributed by atoms with Gasteiger partial charge in [-0.2, -0.15) is 5.26 Å². The van der Waals surface area contributed by atoms with Gasteiger partial charge >= 0.3 is 0 Å². The summed E-state index contributed by atoms with van der Waals surface area (Å²) in [6.45, 7) is 1.10. The summed E-state index contributed by atoms with van der Waals surface area (Å²) in [6, 6.07) is 21.5. The SMILES string of the molecule is COCCNC(=O)/C(C#N)=C/c1ccc(OCc2cccc3ccccc23)c(OC)c1. The minimum Gasteiger partial charge on any atom is -0.493 e. The van der Waals surface area contributed by atoms with Crippen molar-refractivity contribution in [1.82, 2.24) is 5.32 Å². The standard InChI is InChI=1S/C25H24N2O4/c1-29-13-12-27-25(28)21(16-26)14-18-10-11-23(24(15-18)30-2)31-17-20-8-5-7-19-6-3-4-9-22(19)20/h3-11,14-15H,12-13,17H2,1-2H3,(H,27,28)/b21-14+. The molecule has 0 aliphatic heterocycles. The van der Waals surface area contributed by atoms with E-state index >= 15 is 0 Å². The van der Waals surface area contributed by atoms with Crippen molar-refractivity contribution in [2.24, 2.45) is 0 Å². The minimum absolute atomic E-state index is 0.00239. The largest absolute Gasteiger partial charge is 0.493 e. The number of amides is 1. The summed E-state index contributed by atoms with van der Waals surface area (Å²) in [5.41, 5.74) is 1.74. The average Bonchev–Trinajstić information content (AvgIpc) is 2.81. The molecule has 0 heterocycles. The molecule has 0 spiro atoms. The number of benzene rings is 3. The normalized spacial score (nSPS) is 11.1. The van der Waals surface area contributed by atoms with Gasteiger partial charge in [-0.15, -0.1) is 0 Å². The van der Waals surface area contributed by atoms with Gasteiger partial charge in [-0.3, -0.25) is 4.79 Å². The predicted molar refractivity (Wildman–Crippen MR) is 120 cm³/mol. The molecule has 0 aliphatic rings. The molecule has 31 heavy (non-hydrogen) atoms. The van der Waals surface area contributed by atoms with Crippen LogP contribution in [0.5, 0.6) is 11.5 Å². The first-order valence-corrected chi connectivity index (χ1v) is 9.82. The van der Waals surface area contributed by atoms with Gasteiger partial charge in [0, 0.05) is 13.7 Å². The fourth-order valence-corrected chi connectivity index (χ4v) is 3.14. The summed E-state index contributed by atoms with van der Waals surface area (Å²) in [6.07, 6.45) is 1.51. The molecule has 3 aromatic rings. The lowest BCUT2D eigenvalue weighted by atomic mass is 10.1. The maximum atomic E-state index is 12.1. The van der Waals surface area contributed by atoms with Crippen LogP contribution in [-0.4, -0.2) is 33.3 Å². The van der Waals surface area contributed by atoms with Crippen molar-refractivity contribution in [2.75, 3.05) is 27.4 Å². The molecule has 0 aliphatic carbocycles. The lowest BCUT2D eigenvalue weighted by molar-refractivity contribution is -0.117. The van der Waals surface area contributed by atoms with Crippen LogP contribution in [0, 0.1) is 11.3 Å². The molecular weight excluding hydrogens is 392 g/mol. The summed E-state index contributed by atoms with van der Waals surface area (Å²) in [4.78, 5) is 12.1. The molecule has 6 nitrogen and oxygen atoms in total. The first-order chi connectivity index (χ1) is 15.2. The van der Waals surface area contributed by atoms with Crippen molar-refractivity contribution in [1.29, 1.82) is 5.26 Å². The van der Waals surface area contributed by atoms with Gasteiger partial charge in [0.25, 0.3) is 5.91 Å². The van der Waals surface area contributed by atoms with Crippen LogP contribution < -0.4 is 14.8 Å². The number of methoxy groups -OCH3 is 2. The second-order valence-electron chi connectivity index (χ2n) is 6.76. The molecule has 0 fully saturated rings. The van der Waals surface area contributed by atoms with Crippen LogP contribution in [0.2, 0.25) is 0 Å². The molecule has 158 valence electrons. The molecule has 0 atom stereocenters. The Morgan fingerprint density at radius 3 is 2.65 bits per heavy atom. The van der Waals surface area contributed by atoms with Gasteiger partial charge in [0.05, 0.1) is 13.7 Å². The highest BCUT2D eigenvalue weighted by Gasteiger charge is 2.11. The second kappa shape index (κ2) is 10.8. The average molecular weight is 416 g/mol. The van der Waals surface area contributed by atoms with E-state index in [1.807, 2.05) is 30.3 Å². The fraction of sp³-hybridized carbons (Fsp3) is 0.200. The van der Waals surface area contributed by atoms with E-state index in [4.69, 9.17) is 14.2 Å². The third kappa shape index (κ3) is 5.62. The highest BCUT2D eigenvalue weighted by molar-refractivity contribution is 6.01. The van der Waals surface area contributed by atoms with Crippen LogP contribution >= 0.6 is 0 Å². The molecule has 0 radical (unpaired) electrons. The first kappa shape index (κ1) is 21.9. The van der Waals surface area contributed by atoms with Crippen molar-refractivity contribution >= 4 is 22.8 Å². The molecule has 0 saturated carbocycles. The third-order valence-corrected chi connectivity index (χ3v) is 4.72. The minimum atomic E-state index is -0.449. The summed E-state index contributed by atoms with van der Waals surface area (Å²) in [7, 11) is 3.10. The van der Waals surface area contributed by atoms with Crippen molar-refractivity contribution < 1.29 is 19.0 Å². The fourth-order valence-electron chi connectivity index (χ4n) is 3.14. The van der Waals surface area contributed by atoms with E-state index in [1.165, 1.54) is 6.08 Å². The summed E-state index contributed by atoms with van der Waals surface area (Å²) in [5.74, 6) is 0.650. The molecule has 0 bridgehead atoms. The van der Waals surface area contributed by atoms with Crippen molar-refractivity contribution in [3.8, 4) is 17.6 Å². The van der Waals surface area contributed by atoms with E-state index in [-0.39, 0.29) is 5.57 Å². The Morgan fingerprint density at radius 1 is 1.06 bits per heavy atom. The van der Waals surface area contributed by atoms with E-state index in [1.54, 1.807) is 32.4 Å². The van der Waals surface area contributed by atoms with Crippen molar-refractivity contribution in [3.63, 3.8) is 0 Å². The van der Waals surface area contributed by atoms with Gasteiger partial charge in [0.15, 0.2) is 11.5 Å². The number of carbonyl (C=O) groups excluding carboxylic acids is 1. The van der Waals surface area contributed by atoms with Crippen LogP contribution in [0.4, 0.5) is 0 Å². The van der Waals surface area contributed by atoms with Crippen LogP contribution in [0.25, 0.3) is 16.8 Å². The number of ether oxygens (including phenoxy) is 3. The Hall–Kier alpha value is -3.82. The molecular formula is C25H24N2O4. The number of fused-ring (bicyclic) bond motifs is 1. The third-order valence-electron chi connectivity index (χ3n) is 4.72. The van der Waals surface area contributed by atoms with Gasteiger partial charge in [0.2, 0.25) is 0 Å². The number of rotatable bonds is 9. The maximum Gasteiger partial charge on any atom is 0.262 e. The maximum absolute atomic E-state index is 12.1. The highest BCUT2D eigenvalue weighted by Crippen LogP contribution is 2.30. The van der Waals surface area contributed by atoms with Crippen LogP contribution in [0.3, 0.4) is 0 Å². The van der Waals surface area contributed by atoms with E-state index in [9.17, 15) is 10.1 Å².